The zero-order chi connectivity index (χ0) is 16.0. The summed E-state index contributed by atoms with van der Waals surface area (Å²) in [6.07, 6.45) is 1.19. The van der Waals surface area contributed by atoms with Gasteiger partial charge in [-0.15, -0.1) is 0 Å². The number of aromatic carboxylic acids is 1. The molecule has 10 heteroatoms. The summed E-state index contributed by atoms with van der Waals surface area (Å²) in [6.45, 7) is -0.0486. The van der Waals surface area contributed by atoms with Crippen LogP contribution in [-0.4, -0.2) is 61.2 Å². The lowest BCUT2D eigenvalue weighted by Gasteiger charge is -2.12. The fourth-order valence-corrected chi connectivity index (χ4v) is 1.97. The van der Waals surface area contributed by atoms with Gasteiger partial charge in [0.05, 0.1) is 17.6 Å². The molecule has 1 heterocycles. The minimum absolute atomic E-state index is 0.0486. The molecule has 0 aliphatic rings. The van der Waals surface area contributed by atoms with Gasteiger partial charge in [-0.1, -0.05) is 0 Å². The van der Waals surface area contributed by atoms with Crippen molar-refractivity contribution in [3.63, 3.8) is 0 Å². The number of carbonyl (C=O) groups is 2. The molecular formula is C11H16N4O5S. The number of carbonyl (C=O) groups excluding carboxylic acids is 1. The van der Waals surface area contributed by atoms with Crippen molar-refractivity contribution in [1.82, 2.24) is 14.6 Å². The van der Waals surface area contributed by atoms with E-state index >= 15 is 0 Å². The summed E-state index contributed by atoms with van der Waals surface area (Å²) in [7, 11) is -0.553. The van der Waals surface area contributed by atoms with Gasteiger partial charge in [-0.05, 0) is 12.1 Å². The summed E-state index contributed by atoms with van der Waals surface area (Å²) in [5.41, 5.74) is 0.158. The van der Waals surface area contributed by atoms with Gasteiger partial charge in [0, 0.05) is 20.6 Å². The number of rotatable bonds is 6. The van der Waals surface area contributed by atoms with Gasteiger partial charge in [0.1, 0.15) is 5.69 Å². The van der Waals surface area contributed by atoms with Crippen LogP contribution in [0.5, 0.6) is 0 Å². The molecule has 0 saturated carbocycles. The van der Waals surface area contributed by atoms with E-state index in [0.717, 1.165) is 4.31 Å². The molecule has 0 saturated heterocycles. The first-order valence-corrected chi connectivity index (χ1v) is 7.47. The van der Waals surface area contributed by atoms with Crippen molar-refractivity contribution in [3.05, 3.63) is 24.0 Å². The van der Waals surface area contributed by atoms with Crippen LogP contribution in [0.3, 0.4) is 0 Å². The van der Waals surface area contributed by atoms with Crippen LogP contribution in [0.2, 0.25) is 0 Å². The standard InChI is InChI=1S/C11H16N4O5S/c1-15(2)21(19,20)6-5-12-11(18)14-8-3-4-9(10(16)17)13-7-8/h3-4,7H,5-6H2,1-2H3,(H,16,17)(H2,12,14,18). The number of nitrogens with one attached hydrogen (secondary N) is 2. The molecule has 0 bridgehead atoms. The van der Waals surface area contributed by atoms with Crippen molar-refractivity contribution in [2.24, 2.45) is 0 Å². The molecule has 0 aliphatic carbocycles. The van der Waals surface area contributed by atoms with Gasteiger partial charge in [-0.3, -0.25) is 0 Å². The highest BCUT2D eigenvalue weighted by atomic mass is 32.2. The van der Waals surface area contributed by atoms with Crippen molar-refractivity contribution in [3.8, 4) is 0 Å². The molecule has 116 valence electrons. The molecule has 0 aromatic carbocycles. The van der Waals surface area contributed by atoms with Gasteiger partial charge < -0.3 is 15.7 Å². The first-order chi connectivity index (χ1) is 9.72. The summed E-state index contributed by atoms with van der Waals surface area (Å²) in [5.74, 6) is -1.39. The van der Waals surface area contributed by atoms with E-state index < -0.39 is 22.0 Å². The highest BCUT2D eigenvalue weighted by molar-refractivity contribution is 7.89. The molecule has 0 atom stereocenters. The molecule has 0 fully saturated rings. The van der Waals surface area contributed by atoms with Crippen LogP contribution >= 0.6 is 0 Å². The Morgan fingerprint density at radius 1 is 1.33 bits per heavy atom. The molecule has 9 nitrogen and oxygen atoms in total. The van der Waals surface area contributed by atoms with Crippen LogP contribution in [0.15, 0.2) is 18.3 Å². The largest absolute Gasteiger partial charge is 0.477 e. The number of pyridine rings is 1. The van der Waals surface area contributed by atoms with Crippen molar-refractivity contribution in [2.45, 2.75) is 0 Å². The van der Waals surface area contributed by atoms with Crippen LogP contribution in [0, 0.1) is 0 Å². The number of nitrogens with zero attached hydrogens (tertiary/aromatic N) is 2. The SMILES string of the molecule is CN(C)S(=O)(=O)CCNC(=O)Nc1ccc(C(=O)O)nc1. The van der Waals surface area contributed by atoms with Crippen molar-refractivity contribution in [1.29, 1.82) is 0 Å². The van der Waals surface area contributed by atoms with Crippen molar-refractivity contribution >= 4 is 27.7 Å². The van der Waals surface area contributed by atoms with E-state index in [9.17, 15) is 18.0 Å². The van der Waals surface area contributed by atoms with E-state index in [1.165, 1.54) is 32.4 Å². The Hall–Kier alpha value is -2.20. The van der Waals surface area contributed by atoms with Crippen LogP contribution in [0.4, 0.5) is 10.5 Å². The third kappa shape index (κ3) is 5.36. The predicted octanol–water partition coefficient (Wildman–Crippen LogP) is -0.207. The summed E-state index contributed by atoms with van der Waals surface area (Å²) in [5, 5.41) is 13.5. The maximum absolute atomic E-state index is 11.5. The monoisotopic (exact) mass is 316 g/mol. The van der Waals surface area contributed by atoms with Crippen LogP contribution < -0.4 is 10.6 Å². The van der Waals surface area contributed by atoms with Crippen LogP contribution in [-0.2, 0) is 10.0 Å². The number of carboxylic acid groups (broad SMARTS) is 1. The third-order valence-electron chi connectivity index (χ3n) is 2.44. The fraction of sp³-hybridized carbons (Fsp3) is 0.364. The molecule has 0 aliphatic heterocycles. The van der Waals surface area contributed by atoms with E-state index in [1.807, 2.05) is 0 Å². The average Bonchev–Trinajstić information content (AvgIpc) is 2.38. The Balaban J connectivity index is 2.46. The molecule has 1 aromatic rings. The number of hydrogen-bond acceptors (Lipinski definition) is 5. The second-order valence-corrected chi connectivity index (χ2v) is 6.52. The predicted molar refractivity (Wildman–Crippen MR) is 75.7 cm³/mol. The lowest BCUT2D eigenvalue weighted by atomic mass is 10.3. The molecule has 0 unspecified atom stereocenters. The van der Waals surface area contributed by atoms with Gasteiger partial charge in [-0.2, -0.15) is 0 Å². The zero-order valence-electron chi connectivity index (χ0n) is 11.5. The van der Waals surface area contributed by atoms with Crippen molar-refractivity contribution < 1.29 is 23.1 Å². The Morgan fingerprint density at radius 2 is 2.00 bits per heavy atom. The Morgan fingerprint density at radius 3 is 2.48 bits per heavy atom. The highest BCUT2D eigenvalue weighted by Gasteiger charge is 2.13. The maximum Gasteiger partial charge on any atom is 0.354 e. The zero-order valence-corrected chi connectivity index (χ0v) is 12.3. The average molecular weight is 316 g/mol. The van der Waals surface area contributed by atoms with E-state index in [-0.39, 0.29) is 18.0 Å². The van der Waals surface area contributed by atoms with E-state index in [0.29, 0.717) is 5.69 Å². The van der Waals surface area contributed by atoms with E-state index in [4.69, 9.17) is 5.11 Å². The number of sulfonamides is 1. The van der Waals surface area contributed by atoms with Gasteiger partial charge in [0.15, 0.2) is 0 Å². The van der Waals surface area contributed by atoms with Crippen LogP contribution in [0.1, 0.15) is 10.5 Å². The molecular weight excluding hydrogens is 300 g/mol. The molecule has 0 radical (unpaired) electrons. The number of anilines is 1. The first kappa shape index (κ1) is 16.9. The van der Waals surface area contributed by atoms with E-state index in [1.54, 1.807) is 0 Å². The smallest absolute Gasteiger partial charge is 0.354 e. The second-order valence-electron chi connectivity index (χ2n) is 4.22. The van der Waals surface area contributed by atoms with Crippen molar-refractivity contribution in [2.75, 3.05) is 31.7 Å². The molecule has 1 rings (SSSR count). The van der Waals surface area contributed by atoms with Gasteiger partial charge >= 0.3 is 12.0 Å². The summed E-state index contributed by atoms with van der Waals surface area (Å²) in [6, 6.07) is 2.02. The summed E-state index contributed by atoms with van der Waals surface area (Å²) >= 11 is 0. The quantitative estimate of drug-likeness (QED) is 0.666. The Bertz CT molecular complexity index is 612. The van der Waals surface area contributed by atoms with Gasteiger partial charge in [0.2, 0.25) is 10.0 Å². The fourth-order valence-electron chi connectivity index (χ4n) is 1.25. The Kier molecular flexibility index (Phi) is 5.61. The summed E-state index contributed by atoms with van der Waals surface area (Å²) in [4.78, 5) is 25.7. The lowest BCUT2D eigenvalue weighted by Crippen LogP contribution is -2.36. The van der Waals surface area contributed by atoms with E-state index in [2.05, 4.69) is 15.6 Å². The molecule has 2 amide bonds. The highest BCUT2D eigenvalue weighted by Crippen LogP contribution is 2.05. The maximum atomic E-state index is 11.5. The number of amides is 2. The normalized spacial score (nSPS) is 11.2. The number of aromatic nitrogens is 1. The minimum atomic E-state index is -3.37. The molecule has 21 heavy (non-hydrogen) atoms. The van der Waals surface area contributed by atoms with Gasteiger partial charge in [0.25, 0.3) is 0 Å². The molecule has 1 aromatic heterocycles. The lowest BCUT2D eigenvalue weighted by molar-refractivity contribution is 0.0690. The first-order valence-electron chi connectivity index (χ1n) is 5.87. The molecule has 0 spiro atoms. The third-order valence-corrected chi connectivity index (χ3v) is 4.28. The topological polar surface area (TPSA) is 129 Å². The number of urea groups is 1. The number of carboxylic acids is 1. The molecule has 3 N–H and O–H groups in total. The Labute approximate surface area is 122 Å². The minimum Gasteiger partial charge on any atom is -0.477 e. The van der Waals surface area contributed by atoms with Gasteiger partial charge in [-0.25, -0.2) is 27.3 Å². The second kappa shape index (κ2) is 6.99. The van der Waals surface area contributed by atoms with Crippen LogP contribution in [0.25, 0.3) is 0 Å². The number of hydrogen-bond donors (Lipinski definition) is 3. The summed E-state index contributed by atoms with van der Waals surface area (Å²) < 4.78 is 24.0.